The Balaban J connectivity index is 2.04. The highest BCUT2D eigenvalue weighted by atomic mass is 79.9. The summed E-state index contributed by atoms with van der Waals surface area (Å²) in [7, 11) is 0. The molecule has 0 bridgehead atoms. The first kappa shape index (κ1) is 13.9. The van der Waals surface area contributed by atoms with Crippen LogP contribution in [-0.4, -0.2) is 13.2 Å². The Bertz CT molecular complexity index is 397. The monoisotopic (exact) mass is 316 g/mol. The number of ether oxygens (including phenoxy) is 1. The van der Waals surface area contributed by atoms with Crippen LogP contribution < -0.4 is 11.3 Å². The molecule has 100 valence electrons. The minimum atomic E-state index is -0.250. The third kappa shape index (κ3) is 3.51. The molecule has 1 fully saturated rings. The normalized spacial score (nSPS) is 18.8. The average molecular weight is 317 g/mol. The Labute approximate surface area is 115 Å². The van der Waals surface area contributed by atoms with E-state index in [1.807, 2.05) is 6.07 Å². The van der Waals surface area contributed by atoms with Gasteiger partial charge in [0.05, 0.1) is 4.47 Å². The number of benzene rings is 1. The molecule has 1 unspecified atom stereocenters. The molecule has 0 spiro atoms. The topological polar surface area (TPSA) is 47.3 Å². The molecule has 3 N–H and O–H groups in total. The summed E-state index contributed by atoms with van der Waals surface area (Å²) in [6.45, 7) is 1.63. The number of hydrogen-bond donors (Lipinski definition) is 2. The maximum atomic E-state index is 13.5. The molecule has 1 atom stereocenters. The molecule has 1 aromatic rings. The highest BCUT2D eigenvalue weighted by Crippen LogP contribution is 2.28. The summed E-state index contributed by atoms with van der Waals surface area (Å²) in [5.74, 6) is 5.93. The fourth-order valence-electron chi connectivity index (χ4n) is 2.34. The van der Waals surface area contributed by atoms with Crippen LogP contribution in [0.3, 0.4) is 0 Å². The van der Waals surface area contributed by atoms with Gasteiger partial charge in [0.1, 0.15) is 5.82 Å². The van der Waals surface area contributed by atoms with E-state index in [1.54, 1.807) is 6.07 Å². The zero-order chi connectivity index (χ0) is 13.0. The first-order chi connectivity index (χ1) is 8.70. The van der Waals surface area contributed by atoms with Crippen molar-refractivity contribution in [1.29, 1.82) is 0 Å². The Kier molecular flexibility index (Phi) is 5.12. The van der Waals surface area contributed by atoms with E-state index in [0.717, 1.165) is 38.0 Å². The molecule has 1 aromatic carbocycles. The molecule has 3 nitrogen and oxygen atoms in total. The molecule has 0 saturated carbocycles. The van der Waals surface area contributed by atoms with Crippen LogP contribution in [0.4, 0.5) is 4.39 Å². The fourth-order valence-corrected chi connectivity index (χ4v) is 2.59. The van der Waals surface area contributed by atoms with Gasteiger partial charge in [0.25, 0.3) is 0 Å². The molecule has 18 heavy (non-hydrogen) atoms. The summed E-state index contributed by atoms with van der Waals surface area (Å²) in [4.78, 5) is 0. The van der Waals surface area contributed by atoms with Gasteiger partial charge in [-0.25, -0.2) is 4.39 Å². The van der Waals surface area contributed by atoms with Crippen molar-refractivity contribution in [3.05, 3.63) is 34.1 Å². The van der Waals surface area contributed by atoms with Crippen LogP contribution in [0.1, 0.15) is 30.9 Å². The van der Waals surface area contributed by atoms with Crippen LogP contribution in [0.2, 0.25) is 0 Å². The van der Waals surface area contributed by atoms with Gasteiger partial charge in [-0.2, -0.15) is 0 Å². The van der Waals surface area contributed by atoms with Crippen LogP contribution in [0.5, 0.6) is 0 Å². The molecular formula is C13H18BrFN2O. The van der Waals surface area contributed by atoms with Gasteiger partial charge in [-0.3, -0.25) is 11.3 Å². The molecule has 1 heterocycles. The van der Waals surface area contributed by atoms with Crippen molar-refractivity contribution in [3.8, 4) is 0 Å². The van der Waals surface area contributed by atoms with Crippen LogP contribution in [0, 0.1) is 11.7 Å². The van der Waals surface area contributed by atoms with E-state index in [1.165, 1.54) is 6.07 Å². The van der Waals surface area contributed by atoms with E-state index in [9.17, 15) is 4.39 Å². The molecule has 0 aromatic heterocycles. The van der Waals surface area contributed by atoms with E-state index < -0.39 is 0 Å². The quantitative estimate of drug-likeness (QED) is 0.663. The molecule has 1 saturated heterocycles. The summed E-state index contributed by atoms with van der Waals surface area (Å²) >= 11 is 3.16. The number of halogens is 2. The lowest BCUT2D eigenvalue weighted by Gasteiger charge is -2.26. The van der Waals surface area contributed by atoms with Gasteiger partial charge in [0.15, 0.2) is 0 Å². The van der Waals surface area contributed by atoms with Crippen LogP contribution in [-0.2, 0) is 4.74 Å². The number of hydrazine groups is 1. The third-order valence-corrected chi connectivity index (χ3v) is 4.10. The van der Waals surface area contributed by atoms with E-state index in [2.05, 4.69) is 21.4 Å². The van der Waals surface area contributed by atoms with Gasteiger partial charge in [-0.1, -0.05) is 6.07 Å². The zero-order valence-corrected chi connectivity index (χ0v) is 11.7. The lowest BCUT2D eigenvalue weighted by atomic mass is 9.90. The second-order valence-corrected chi connectivity index (χ2v) is 5.54. The Morgan fingerprint density at radius 1 is 1.44 bits per heavy atom. The summed E-state index contributed by atoms with van der Waals surface area (Å²) in [5, 5.41) is 0. The zero-order valence-electron chi connectivity index (χ0n) is 10.2. The van der Waals surface area contributed by atoms with Crippen LogP contribution in [0.25, 0.3) is 0 Å². The van der Waals surface area contributed by atoms with Gasteiger partial charge in [-0.05, 0) is 58.8 Å². The maximum Gasteiger partial charge on any atom is 0.137 e. The predicted octanol–water partition coefficient (Wildman–Crippen LogP) is 2.91. The van der Waals surface area contributed by atoms with E-state index in [0.29, 0.717) is 10.4 Å². The summed E-state index contributed by atoms with van der Waals surface area (Å²) < 4.78 is 19.3. The first-order valence-corrected chi connectivity index (χ1v) is 6.99. The van der Waals surface area contributed by atoms with Crippen molar-refractivity contribution in [1.82, 2.24) is 5.43 Å². The van der Waals surface area contributed by atoms with Crippen molar-refractivity contribution < 1.29 is 9.13 Å². The molecule has 5 heteroatoms. The van der Waals surface area contributed by atoms with Gasteiger partial charge < -0.3 is 4.74 Å². The minimum absolute atomic E-state index is 0.00398. The highest BCUT2D eigenvalue weighted by Gasteiger charge is 2.20. The smallest absolute Gasteiger partial charge is 0.137 e. The second-order valence-electron chi connectivity index (χ2n) is 4.68. The number of nitrogens with one attached hydrogen (secondary N) is 1. The van der Waals surface area contributed by atoms with Gasteiger partial charge in [0.2, 0.25) is 0 Å². The molecule has 0 amide bonds. The maximum absolute atomic E-state index is 13.5. The van der Waals surface area contributed by atoms with E-state index in [4.69, 9.17) is 10.6 Å². The lowest BCUT2D eigenvalue weighted by Crippen LogP contribution is -2.31. The second kappa shape index (κ2) is 6.61. The largest absolute Gasteiger partial charge is 0.381 e. The minimum Gasteiger partial charge on any atom is -0.381 e. The number of nitrogens with two attached hydrogens (primary N) is 1. The van der Waals surface area contributed by atoms with Crippen molar-refractivity contribution in [2.24, 2.45) is 11.8 Å². The third-order valence-electron chi connectivity index (χ3n) is 3.46. The van der Waals surface area contributed by atoms with Crippen LogP contribution in [0.15, 0.2) is 22.7 Å². The van der Waals surface area contributed by atoms with Crippen LogP contribution >= 0.6 is 15.9 Å². The van der Waals surface area contributed by atoms with Gasteiger partial charge in [0, 0.05) is 19.3 Å². The summed E-state index contributed by atoms with van der Waals surface area (Å²) in [5.41, 5.74) is 3.68. The first-order valence-electron chi connectivity index (χ1n) is 6.19. The molecule has 2 rings (SSSR count). The SMILES string of the molecule is NNC(CC1CCOCC1)c1ccc(Br)c(F)c1. The van der Waals surface area contributed by atoms with Crippen molar-refractivity contribution >= 4 is 15.9 Å². The highest BCUT2D eigenvalue weighted by molar-refractivity contribution is 9.10. The van der Waals surface area contributed by atoms with Gasteiger partial charge in [-0.15, -0.1) is 0 Å². The number of hydrogen-bond acceptors (Lipinski definition) is 3. The summed E-state index contributed by atoms with van der Waals surface area (Å²) in [6, 6.07) is 5.15. The average Bonchev–Trinajstić information content (AvgIpc) is 2.40. The summed E-state index contributed by atoms with van der Waals surface area (Å²) in [6.07, 6.45) is 3.02. The van der Waals surface area contributed by atoms with Crippen molar-refractivity contribution in [2.75, 3.05) is 13.2 Å². The molecular weight excluding hydrogens is 299 g/mol. The molecule has 1 aliphatic heterocycles. The molecule has 0 aliphatic carbocycles. The molecule has 1 aliphatic rings. The van der Waals surface area contributed by atoms with Crippen molar-refractivity contribution in [2.45, 2.75) is 25.3 Å². The number of rotatable bonds is 4. The molecule has 0 radical (unpaired) electrons. The standard InChI is InChI=1S/C13H18BrFN2O/c14-11-2-1-10(8-12(11)15)13(17-16)7-9-3-5-18-6-4-9/h1-2,8-9,13,17H,3-7,16H2. The van der Waals surface area contributed by atoms with Gasteiger partial charge >= 0.3 is 0 Å². The fraction of sp³-hybridized carbons (Fsp3) is 0.538. The lowest BCUT2D eigenvalue weighted by molar-refractivity contribution is 0.0605. The van der Waals surface area contributed by atoms with E-state index >= 15 is 0 Å². The Hall–Kier alpha value is -0.490. The Morgan fingerprint density at radius 3 is 2.78 bits per heavy atom. The van der Waals surface area contributed by atoms with Crippen molar-refractivity contribution in [3.63, 3.8) is 0 Å². The predicted molar refractivity (Wildman–Crippen MR) is 72.3 cm³/mol. The Morgan fingerprint density at radius 2 is 2.17 bits per heavy atom. The van der Waals surface area contributed by atoms with E-state index in [-0.39, 0.29) is 11.9 Å².